The van der Waals surface area contributed by atoms with E-state index in [2.05, 4.69) is 5.32 Å². The molecule has 0 radical (unpaired) electrons. The summed E-state index contributed by atoms with van der Waals surface area (Å²) >= 11 is 0. The van der Waals surface area contributed by atoms with Crippen molar-refractivity contribution in [3.63, 3.8) is 0 Å². The van der Waals surface area contributed by atoms with Gasteiger partial charge in [0.05, 0.1) is 5.56 Å². The van der Waals surface area contributed by atoms with Crippen molar-refractivity contribution >= 4 is 27.0 Å². The Balaban J connectivity index is 2.33. The normalized spacial score (nSPS) is 12.0. The van der Waals surface area contributed by atoms with E-state index >= 15 is 0 Å². The van der Waals surface area contributed by atoms with Crippen LogP contribution in [0.3, 0.4) is 0 Å². The van der Waals surface area contributed by atoms with Crippen LogP contribution in [0, 0.1) is 0 Å². The first kappa shape index (κ1) is 18.0. The average Bonchev–Trinajstić information content (AvgIpc) is 2.45. The Morgan fingerprint density at radius 2 is 1.75 bits per heavy atom. The van der Waals surface area contributed by atoms with Crippen molar-refractivity contribution in [1.29, 1.82) is 0 Å². The van der Waals surface area contributed by atoms with E-state index in [1.165, 1.54) is 24.3 Å². The molecule has 128 valence electrons. The number of hydrogen-bond donors (Lipinski definition) is 1. The van der Waals surface area contributed by atoms with Crippen molar-refractivity contribution in [2.75, 3.05) is 17.3 Å². The van der Waals surface area contributed by atoms with Crippen LogP contribution in [0.25, 0.3) is 0 Å². The second-order valence-corrected chi connectivity index (χ2v) is 7.38. The second kappa shape index (κ2) is 6.64. The largest absolute Gasteiger partial charge is 0.416 e. The number of halogens is 3. The Hall–Kier alpha value is -2.35. The lowest BCUT2D eigenvalue weighted by atomic mass is 10.1. The molecule has 0 atom stereocenters. The minimum Gasteiger partial charge on any atom is -0.355 e. The van der Waals surface area contributed by atoms with Gasteiger partial charge in [0, 0.05) is 23.2 Å². The molecule has 0 aliphatic heterocycles. The van der Waals surface area contributed by atoms with Gasteiger partial charge in [0.25, 0.3) is 0 Å². The molecule has 0 amide bonds. The first-order chi connectivity index (χ1) is 11.1. The van der Waals surface area contributed by atoms with Crippen LogP contribution in [0.5, 0.6) is 0 Å². The fourth-order valence-electron chi connectivity index (χ4n) is 2.08. The highest BCUT2D eigenvalue weighted by Crippen LogP contribution is 2.31. The third kappa shape index (κ3) is 4.82. The number of anilines is 2. The van der Waals surface area contributed by atoms with Gasteiger partial charge in [-0.2, -0.15) is 13.2 Å². The second-order valence-electron chi connectivity index (χ2n) is 5.24. The molecule has 2 rings (SSSR count). The Morgan fingerprint density at radius 3 is 2.38 bits per heavy atom. The van der Waals surface area contributed by atoms with Gasteiger partial charge in [0.15, 0.2) is 15.6 Å². The molecule has 1 N–H and O–H groups in total. The Kier molecular flexibility index (Phi) is 4.98. The molecule has 8 heteroatoms. The Morgan fingerprint density at radius 1 is 1.08 bits per heavy atom. The Bertz CT molecular complexity index is 861. The molecule has 0 saturated heterocycles. The molecule has 0 bridgehead atoms. The number of ketones is 1. The molecule has 24 heavy (non-hydrogen) atoms. The van der Waals surface area contributed by atoms with Gasteiger partial charge in [-0.1, -0.05) is 18.2 Å². The van der Waals surface area contributed by atoms with Gasteiger partial charge in [0.1, 0.15) is 5.75 Å². The number of nitrogens with one attached hydrogen (secondary N) is 1. The molecule has 0 unspecified atom stereocenters. The van der Waals surface area contributed by atoms with Crippen LogP contribution in [-0.4, -0.2) is 26.2 Å². The lowest BCUT2D eigenvalue weighted by molar-refractivity contribution is -0.137. The van der Waals surface area contributed by atoms with Gasteiger partial charge in [0.2, 0.25) is 0 Å². The van der Waals surface area contributed by atoms with Gasteiger partial charge in [-0.3, -0.25) is 4.79 Å². The van der Waals surface area contributed by atoms with Gasteiger partial charge in [-0.25, -0.2) is 8.42 Å². The molecule has 0 aliphatic carbocycles. The van der Waals surface area contributed by atoms with Crippen LogP contribution in [0.15, 0.2) is 48.5 Å². The summed E-state index contributed by atoms with van der Waals surface area (Å²) < 4.78 is 60.8. The summed E-state index contributed by atoms with van der Waals surface area (Å²) in [6.45, 7) is 0. The van der Waals surface area contributed by atoms with Crippen LogP contribution in [0.4, 0.5) is 24.5 Å². The summed E-state index contributed by atoms with van der Waals surface area (Å²) in [6, 6.07) is 10.6. The Labute approximate surface area is 137 Å². The zero-order valence-electron chi connectivity index (χ0n) is 12.6. The zero-order chi connectivity index (χ0) is 18.0. The molecule has 0 aromatic heterocycles. The van der Waals surface area contributed by atoms with Gasteiger partial charge < -0.3 is 5.32 Å². The third-order valence-corrected chi connectivity index (χ3v) is 3.88. The van der Waals surface area contributed by atoms with Crippen molar-refractivity contribution in [2.24, 2.45) is 0 Å². The van der Waals surface area contributed by atoms with Crippen LogP contribution >= 0.6 is 0 Å². The monoisotopic (exact) mass is 357 g/mol. The van der Waals surface area contributed by atoms with E-state index < -0.39 is 33.1 Å². The summed E-state index contributed by atoms with van der Waals surface area (Å²) in [6.07, 6.45) is -3.54. The topological polar surface area (TPSA) is 63.2 Å². The minimum absolute atomic E-state index is 0.0975. The number of rotatable bonds is 5. The number of benzene rings is 2. The van der Waals surface area contributed by atoms with Crippen molar-refractivity contribution in [3.8, 4) is 0 Å². The van der Waals surface area contributed by atoms with E-state index in [1.54, 1.807) is 12.1 Å². The molecule has 2 aromatic rings. The van der Waals surface area contributed by atoms with Crippen molar-refractivity contribution in [2.45, 2.75) is 6.18 Å². The van der Waals surface area contributed by atoms with Crippen LogP contribution in [-0.2, 0) is 16.0 Å². The average molecular weight is 357 g/mol. The number of carbonyl (C=O) groups excluding carboxylic acids is 1. The predicted molar refractivity (Wildman–Crippen MR) is 85.2 cm³/mol. The lowest BCUT2D eigenvalue weighted by Crippen LogP contribution is -2.15. The highest BCUT2D eigenvalue weighted by atomic mass is 32.2. The fraction of sp³-hybridized carbons (Fsp3) is 0.188. The molecular formula is C16H14F3NO3S. The first-order valence-electron chi connectivity index (χ1n) is 6.80. The zero-order valence-corrected chi connectivity index (χ0v) is 13.4. The van der Waals surface area contributed by atoms with Crippen LogP contribution in [0.1, 0.15) is 15.9 Å². The van der Waals surface area contributed by atoms with Crippen LogP contribution in [0.2, 0.25) is 0 Å². The number of hydrogen-bond acceptors (Lipinski definition) is 4. The molecule has 0 heterocycles. The number of carbonyl (C=O) groups is 1. The van der Waals surface area contributed by atoms with E-state index in [0.29, 0.717) is 0 Å². The fourth-order valence-corrected chi connectivity index (χ4v) is 2.71. The maximum Gasteiger partial charge on any atom is 0.416 e. The highest BCUT2D eigenvalue weighted by molar-refractivity contribution is 7.91. The van der Waals surface area contributed by atoms with E-state index in [4.69, 9.17) is 0 Å². The molecule has 0 fully saturated rings. The summed E-state index contributed by atoms with van der Waals surface area (Å²) in [4.78, 5) is 12.1. The van der Waals surface area contributed by atoms with Crippen molar-refractivity contribution in [1.82, 2.24) is 0 Å². The smallest absolute Gasteiger partial charge is 0.355 e. The quantitative estimate of drug-likeness (QED) is 0.829. The number of para-hydroxylation sites is 1. The maximum absolute atomic E-state index is 12.8. The summed E-state index contributed by atoms with van der Waals surface area (Å²) in [5, 5.41) is 2.74. The molecular weight excluding hydrogens is 343 g/mol. The van der Waals surface area contributed by atoms with Gasteiger partial charge in [-0.05, 0) is 30.3 Å². The van der Waals surface area contributed by atoms with Crippen molar-refractivity contribution in [3.05, 3.63) is 59.7 Å². The van der Waals surface area contributed by atoms with Gasteiger partial charge in [-0.15, -0.1) is 0 Å². The summed E-state index contributed by atoms with van der Waals surface area (Å²) in [7, 11) is -3.51. The first-order valence-corrected chi connectivity index (χ1v) is 8.86. The number of sulfone groups is 1. The highest BCUT2D eigenvalue weighted by Gasteiger charge is 2.30. The molecule has 0 spiro atoms. The standard InChI is InChI=1S/C16H14F3NO3S/c1-24(22,23)10-15(21)13-7-2-3-8-14(13)20-12-6-4-5-11(9-12)16(17,18)19/h2-9,20H,10H2,1H3. The molecule has 4 nitrogen and oxygen atoms in total. The predicted octanol–water partition coefficient (Wildman–Crippen LogP) is 3.68. The van der Waals surface area contributed by atoms with Crippen LogP contribution < -0.4 is 5.32 Å². The number of alkyl halides is 3. The van der Waals surface area contributed by atoms with E-state index in [0.717, 1.165) is 18.4 Å². The molecule has 0 saturated carbocycles. The maximum atomic E-state index is 12.8. The SMILES string of the molecule is CS(=O)(=O)CC(=O)c1ccccc1Nc1cccc(C(F)(F)F)c1. The van der Waals surface area contributed by atoms with Gasteiger partial charge >= 0.3 is 6.18 Å². The molecule has 2 aromatic carbocycles. The van der Waals surface area contributed by atoms with E-state index in [-0.39, 0.29) is 16.9 Å². The van der Waals surface area contributed by atoms with Crippen molar-refractivity contribution < 1.29 is 26.4 Å². The third-order valence-electron chi connectivity index (χ3n) is 3.09. The summed E-state index contributed by atoms with van der Waals surface area (Å²) in [5.74, 6) is -1.30. The molecule has 0 aliphatic rings. The summed E-state index contributed by atoms with van der Waals surface area (Å²) in [5.41, 5.74) is -0.345. The van der Waals surface area contributed by atoms with E-state index in [1.807, 2.05) is 0 Å². The number of Topliss-reactive ketones (excluding diaryl/α,β-unsaturated/α-hetero) is 1. The van der Waals surface area contributed by atoms with E-state index in [9.17, 15) is 26.4 Å². The lowest BCUT2D eigenvalue weighted by Gasteiger charge is -2.13. The minimum atomic E-state index is -4.48.